The van der Waals surface area contributed by atoms with E-state index in [1.807, 2.05) is 43.5 Å². The summed E-state index contributed by atoms with van der Waals surface area (Å²) in [6.07, 6.45) is 0. The molecular weight excluding hydrogens is 436 g/mol. The molecule has 1 aromatic heterocycles. The fourth-order valence-corrected chi connectivity index (χ4v) is 5.26. The Morgan fingerprint density at radius 3 is 2.29 bits per heavy atom. The summed E-state index contributed by atoms with van der Waals surface area (Å²) >= 11 is 1.43. The summed E-state index contributed by atoms with van der Waals surface area (Å²) in [7, 11) is -0.550. The second-order valence-corrected chi connectivity index (χ2v) is 9.82. The van der Waals surface area contributed by atoms with Crippen molar-refractivity contribution >= 4 is 21.4 Å². The third-order valence-corrected chi connectivity index (χ3v) is 7.49. The number of hydrogen-bond acceptors (Lipinski definition) is 7. The maximum atomic E-state index is 13.2. The normalized spacial score (nSPS) is 11.7. The van der Waals surface area contributed by atoms with Gasteiger partial charge in [0.2, 0.25) is 10.0 Å². The number of sulfonamides is 1. The van der Waals surface area contributed by atoms with E-state index < -0.39 is 10.0 Å². The lowest BCUT2D eigenvalue weighted by Crippen LogP contribution is -2.36. The Bertz CT molecular complexity index is 1100. The Morgan fingerprint density at radius 1 is 1.00 bits per heavy atom. The first-order chi connectivity index (χ1) is 14.8. The molecule has 0 aliphatic heterocycles. The molecular formula is C22H26N2O5S2. The van der Waals surface area contributed by atoms with Crippen LogP contribution in [0.1, 0.15) is 24.5 Å². The zero-order chi connectivity index (χ0) is 22.4. The molecule has 0 bridgehead atoms. The van der Waals surface area contributed by atoms with Gasteiger partial charge in [-0.25, -0.2) is 13.4 Å². The van der Waals surface area contributed by atoms with Crippen LogP contribution >= 0.6 is 11.3 Å². The molecule has 0 saturated carbocycles. The van der Waals surface area contributed by atoms with Gasteiger partial charge in [0.15, 0.2) is 11.5 Å². The second kappa shape index (κ2) is 10.1. The zero-order valence-electron chi connectivity index (χ0n) is 17.9. The summed E-state index contributed by atoms with van der Waals surface area (Å²) < 4.78 is 44.0. The van der Waals surface area contributed by atoms with Crippen LogP contribution in [0.5, 0.6) is 17.2 Å². The molecule has 166 valence electrons. The predicted molar refractivity (Wildman–Crippen MR) is 120 cm³/mol. The third kappa shape index (κ3) is 5.55. The van der Waals surface area contributed by atoms with Crippen LogP contribution in [-0.4, -0.2) is 38.0 Å². The van der Waals surface area contributed by atoms with Crippen molar-refractivity contribution in [2.45, 2.75) is 37.9 Å². The molecule has 0 radical (unpaired) electrons. The summed E-state index contributed by atoms with van der Waals surface area (Å²) in [6, 6.07) is 13.5. The molecule has 3 rings (SSSR count). The Hall–Kier alpha value is -2.62. The van der Waals surface area contributed by atoms with Gasteiger partial charge < -0.3 is 14.2 Å². The highest BCUT2D eigenvalue weighted by Gasteiger charge is 2.28. The molecule has 1 heterocycles. The van der Waals surface area contributed by atoms with Gasteiger partial charge in [-0.05, 0) is 50.2 Å². The van der Waals surface area contributed by atoms with Gasteiger partial charge in [0, 0.05) is 11.4 Å². The standard InChI is InChI=1S/C22H26N2O5S2/c1-16(2)24(31(25,26)19-11-9-18(27-3)10-12-19)13-17-15-30-22(23-17)14-29-21-8-6-5-7-20(21)28-4/h5-12,15-16H,13-14H2,1-4H3. The highest BCUT2D eigenvalue weighted by molar-refractivity contribution is 7.89. The van der Waals surface area contributed by atoms with Crippen molar-refractivity contribution in [3.63, 3.8) is 0 Å². The Labute approximate surface area is 187 Å². The fourth-order valence-electron chi connectivity index (χ4n) is 2.95. The van der Waals surface area contributed by atoms with Gasteiger partial charge >= 0.3 is 0 Å². The summed E-state index contributed by atoms with van der Waals surface area (Å²) in [5, 5.41) is 2.62. The van der Waals surface area contributed by atoms with Crippen LogP contribution in [0.15, 0.2) is 58.8 Å². The van der Waals surface area contributed by atoms with Gasteiger partial charge in [-0.2, -0.15) is 4.31 Å². The van der Waals surface area contributed by atoms with E-state index in [0.717, 1.165) is 5.01 Å². The summed E-state index contributed by atoms with van der Waals surface area (Å²) in [4.78, 5) is 4.78. The lowest BCUT2D eigenvalue weighted by molar-refractivity contribution is 0.283. The quantitative estimate of drug-likeness (QED) is 0.446. The van der Waals surface area contributed by atoms with E-state index in [1.54, 1.807) is 38.5 Å². The third-order valence-electron chi connectivity index (χ3n) is 4.58. The van der Waals surface area contributed by atoms with Crippen LogP contribution in [0, 0.1) is 0 Å². The van der Waals surface area contributed by atoms with E-state index in [4.69, 9.17) is 14.2 Å². The fraction of sp³-hybridized carbons (Fsp3) is 0.318. The number of nitrogens with zero attached hydrogens (tertiary/aromatic N) is 2. The van der Waals surface area contributed by atoms with Gasteiger partial charge in [-0.15, -0.1) is 11.3 Å². The number of benzene rings is 2. The van der Waals surface area contributed by atoms with Crippen molar-refractivity contribution in [1.29, 1.82) is 0 Å². The van der Waals surface area contributed by atoms with Gasteiger partial charge in [0.25, 0.3) is 0 Å². The van der Waals surface area contributed by atoms with Crippen LogP contribution in [0.3, 0.4) is 0 Å². The number of ether oxygens (including phenoxy) is 3. The first kappa shape index (κ1) is 23.1. The van der Waals surface area contributed by atoms with E-state index in [9.17, 15) is 8.42 Å². The largest absolute Gasteiger partial charge is 0.497 e. The molecule has 0 fully saturated rings. The van der Waals surface area contributed by atoms with Crippen molar-refractivity contribution in [2.24, 2.45) is 0 Å². The maximum absolute atomic E-state index is 13.2. The smallest absolute Gasteiger partial charge is 0.243 e. The van der Waals surface area contributed by atoms with Crippen LogP contribution in [-0.2, 0) is 23.2 Å². The van der Waals surface area contributed by atoms with Crippen molar-refractivity contribution in [3.8, 4) is 17.2 Å². The molecule has 31 heavy (non-hydrogen) atoms. The molecule has 3 aromatic rings. The van der Waals surface area contributed by atoms with Crippen molar-refractivity contribution in [3.05, 3.63) is 64.6 Å². The molecule has 0 atom stereocenters. The number of thiazole rings is 1. The number of para-hydroxylation sites is 2. The van der Waals surface area contributed by atoms with E-state index in [2.05, 4.69) is 4.98 Å². The van der Waals surface area contributed by atoms with Gasteiger partial charge in [0.05, 0.1) is 31.4 Å². The topological polar surface area (TPSA) is 78.0 Å². The average Bonchev–Trinajstić information content (AvgIpc) is 3.23. The number of methoxy groups -OCH3 is 2. The SMILES string of the molecule is COc1ccc(S(=O)(=O)N(Cc2csc(COc3ccccc3OC)n2)C(C)C)cc1. The van der Waals surface area contributed by atoms with Gasteiger partial charge in [-0.1, -0.05) is 12.1 Å². The lowest BCUT2D eigenvalue weighted by Gasteiger charge is -2.25. The molecule has 0 aliphatic rings. The predicted octanol–water partition coefficient (Wildman–Crippen LogP) is 4.34. The molecule has 7 nitrogen and oxygen atoms in total. The Kier molecular flexibility index (Phi) is 7.53. The molecule has 0 spiro atoms. The molecule has 0 aliphatic carbocycles. The number of hydrogen-bond donors (Lipinski definition) is 0. The van der Waals surface area contributed by atoms with Crippen molar-refractivity contribution in [1.82, 2.24) is 9.29 Å². The van der Waals surface area contributed by atoms with Gasteiger partial charge in [-0.3, -0.25) is 0 Å². The monoisotopic (exact) mass is 462 g/mol. The van der Waals surface area contributed by atoms with Crippen molar-refractivity contribution in [2.75, 3.05) is 14.2 Å². The Balaban J connectivity index is 1.72. The number of aromatic nitrogens is 1. The molecule has 2 aromatic carbocycles. The first-order valence-electron chi connectivity index (χ1n) is 9.70. The highest BCUT2D eigenvalue weighted by Crippen LogP contribution is 2.28. The van der Waals surface area contributed by atoms with E-state index in [-0.39, 0.29) is 24.1 Å². The highest BCUT2D eigenvalue weighted by atomic mass is 32.2. The summed E-state index contributed by atoms with van der Waals surface area (Å²) in [5.41, 5.74) is 0.675. The minimum absolute atomic E-state index is 0.178. The van der Waals surface area contributed by atoms with Crippen LogP contribution < -0.4 is 14.2 Å². The van der Waals surface area contributed by atoms with Gasteiger partial charge in [0.1, 0.15) is 17.4 Å². The maximum Gasteiger partial charge on any atom is 0.243 e. The average molecular weight is 463 g/mol. The summed E-state index contributed by atoms with van der Waals surface area (Å²) in [5.74, 6) is 1.89. The molecule has 0 unspecified atom stereocenters. The van der Waals surface area contributed by atoms with E-state index >= 15 is 0 Å². The second-order valence-electron chi connectivity index (χ2n) is 6.99. The molecule has 0 N–H and O–H groups in total. The Morgan fingerprint density at radius 2 is 1.68 bits per heavy atom. The molecule has 0 saturated heterocycles. The zero-order valence-corrected chi connectivity index (χ0v) is 19.6. The van der Waals surface area contributed by atoms with Crippen LogP contribution in [0.4, 0.5) is 0 Å². The molecule has 9 heteroatoms. The first-order valence-corrected chi connectivity index (χ1v) is 12.0. The molecule has 0 amide bonds. The van der Waals surface area contributed by atoms with E-state index in [1.165, 1.54) is 15.6 Å². The number of rotatable bonds is 10. The van der Waals surface area contributed by atoms with Crippen LogP contribution in [0.25, 0.3) is 0 Å². The van der Waals surface area contributed by atoms with Crippen LogP contribution in [0.2, 0.25) is 0 Å². The lowest BCUT2D eigenvalue weighted by atomic mass is 10.3. The summed E-state index contributed by atoms with van der Waals surface area (Å²) in [6.45, 7) is 4.15. The minimum atomic E-state index is -3.68. The van der Waals surface area contributed by atoms with Crippen molar-refractivity contribution < 1.29 is 22.6 Å². The van der Waals surface area contributed by atoms with E-state index in [0.29, 0.717) is 22.9 Å². The minimum Gasteiger partial charge on any atom is -0.497 e.